The molecule has 0 radical (unpaired) electrons. The lowest BCUT2D eigenvalue weighted by Crippen LogP contribution is -2.33. The van der Waals surface area contributed by atoms with Gasteiger partial charge in [-0.25, -0.2) is 9.78 Å². The molecule has 22 heavy (non-hydrogen) atoms. The molecule has 3 rings (SSSR count). The van der Waals surface area contributed by atoms with Crippen molar-refractivity contribution in [1.82, 2.24) is 15.3 Å². The van der Waals surface area contributed by atoms with Crippen molar-refractivity contribution in [2.75, 3.05) is 6.54 Å². The zero-order valence-electron chi connectivity index (χ0n) is 12.9. The van der Waals surface area contributed by atoms with Crippen molar-refractivity contribution in [3.63, 3.8) is 0 Å². The van der Waals surface area contributed by atoms with Crippen LogP contribution in [-0.4, -0.2) is 28.2 Å². The van der Waals surface area contributed by atoms with Gasteiger partial charge in [0.05, 0.1) is 0 Å². The van der Waals surface area contributed by atoms with Crippen LogP contribution in [0.25, 0.3) is 22.0 Å². The Bertz CT molecular complexity index is 811. The van der Waals surface area contributed by atoms with E-state index in [1.54, 1.807) is 0 Å². The molecule has 0 saturated carbocycles. The highest BCUT2D eigenvalue weighted by Gasteiger charge is 2.16. The molecule has 116 valence electrons. The van der Waals surface area contributed by atoms with Crippen molar-refractivity contribution in [2.45, 2.75) is 32.8 Å². The Labute approximate surface area is 127 Å². The second kappa shape index (κ2) is 5.36. The van der Waals surface area contributed by atoms with E-state index < -0.39 is 11.7 Å². The van der Waals surface area contributed by atoms with Crippen LogP contribution in [0.5, 0.6) is 0 Å². The van der Waals surface area contributed by atoms with E-state index in [9.17, 15) is 4.79 Å². The molecule has 2 heterocycles. The topological polar surface area (TPSA) is 80.1 Å². The lowest BCUT2D eigenvalue weighted by molar-refractivity contribution is 0.0528. The van der Waals surface area contributed by atoms with Crippen LogP contribution in [0.1, 0.15) is 26.3 Å². The van der Waals surface area contributed by atoms with Gasteiger partial charge in [-0.05, 0) is 44.9 Å². The average molecular weight is 301 g/mol. The molecule has 2 aromatic heterocycles. The number of nitrogens with zero attached hydrogens (tertiary/aromatic N) is 1. The smallest absolute Gasteiger partial charge is 0.407 e. The van der Waals surface area contributed by atoms with Gasteiger partial charge < -0.3 is 19.5 Å². The quantitative estimate of drug-likeness (QED) is 0.777. The van der Waals surface area contributed by atoms with Crippen LogP contribution in [0.3, 0.4) is 0 Å². The number of fused-ring (bicyclic) bond motifs is 3. The van der Waals surface area contributed by atoms with Gasteiger partial charge in [-0.1, -0.05) is 0 Å². The Morgan fingerprint density at radius 3 is 3.00 bits per heavy atom. The maximum Gasteiger partial charge on any atom is 0.407 e. The van der Waals surface area contributed by atoms with E-state index in [1.165, 1.54) is 6.39 Å². The highest BCUT2D eigenvalue weighted by molar-refractivity contribution is 6.04. The van der Waals surface area contributed by atoms with Crippen LogP contribution in [0.15, 0.2) is 29.1 Å². The molecular formula is C16H19N3O3. The SMILES string of the molecule is CC(C)(C)OC(=O)NCCc1c[nH]c2ccc3ocnc3c12. The van der Waals surface area contributed by atoms with E-state index in [4.69, 9.17) is 9.15 Å². The van der Waals surface area contributed by atoms with Gasteiger partial charge >= 0.3 is 6.09 Å². The number of aromatic nitrogens is 2. The van der Waals surface area contributed by atoms with Gasteiger partial charge in [-0.15, -0.1) is 0 Å². The Morgan fingerprint density at radius 1 is 1.41 bits per heavy atom. The summed E-state index contributed by atoms with van der Waals surface area (Å²) in [5, 5.41) is 3.80. The van der Waals surface area contributed by atoms with E-state index in [2.05, 4.69) is 15.3 Å². The van der Waals surface area contributed by atoms with Gasteiger partial charge in [0.25, 0.3) is 0 Å². The fraction of sp³-hybridized carbons (Fsp3) is 0.375. The minimum atomic E-state index is -0.488. The molecule has 0 saturated heterocycles. The number of oxazole rings is 1. The number of carbonyl (C=O) groups excluding carboxylic acids is 1. The van der Waals surface area contributed by atoms with Gasteiger partial charge in [-0.3, -0.25) is 0 Å². The maximum absolute atomic E-state index is 11.7. The summed E-state index contributed by atoms with van der Waals surface area (Å²) in [6.45, 7) is 6.02. The molecule has 1 amide bonds. The highest BCUT2D eigenvalue weighted by atomic mass is 16.6. The van der Waals surface area contributed by atoms with Crippen LogP contribution in [-0.2, 0) is 11.2 Å². The molecule has 0 atom stereocenters. The number of rotatable bonds is 3. The van der Waals surface area contributed by atoms with Crippen molar-refractivity contribution in [1.29, 1.82) is 0 Å². The first-order valence-electron chi connectivity index (χ1n) is 7.23. The molecule has 0 spiro atoms. The Balaban J connectivity index is 1.72. The lowest BCUT2D eigenvalue weighted by Gasteiger charge is -2.19. The van der Waals surface area contributed by atoms with E-state index in [1.807, 2.05) is 39.1 Å². The molecular weight excluding hydrogens is 282 g/mol. The summed E-state index contributed by atoms with van der Waals surface area (Å²) in [6, 6.07) is 3.86. The molecule has 6 nitrogen and oxygen atoms in total. The molecule has 0 aliphatic carbocycles. The number of carbonyl (C=O) groups is 1. The number of hydrogen-bond donors (Lipinski definition) is 2. The van der Waals surface area contributed by atoms with Crippen molar-refractivity contribution in [2.24, 2.45) is 0 Å². The van der Waals surface area contributed by atoms with Gasteiger partial charge in [0, 0.05) is 23.6 Å². The number of ether oxygens (including phenoxy) is 1. The van der Waals surface area contributed by atoms with Crippen molar-refractivity contribution in [3.8, 4) is 0 Å². The molecule has 2 N–H and O–H groups in total. The summed E-state index contributed by atoms with van der Waals surface area (Å²) in [7, 11) is 0. The number of amides is 1. The zero-order chi connectivity index (χ0) is 15.7. The summed E-state index contributed by atoms with van der Waals surface area (Å²) in [5.41, 5.74) is 3.20. The first-order chi connectivity index (χ1) is 10.4. The molecule has 3 aromatic rings. The maximum atomic E-state index is 11.7. The predicted octanol–water partition coefficient (Wildman–Crippen LogP) is 3.38. The molecule has 0 unspecified atom stereocenters. The second-order valence-electron chi connectivity index (χ2n) is 6.18. The summed E-state index contributed by atoms with van der Waals surface area (Å²) < 4.78 is 10.6. The number of alkyl carbamates (subject to hydrolysis) is 1. The van der Waals surface area contributed by atoms with Gasteiger partial charge in [-0.2, -0.15) is 0 Å². The third-order valence-electron chi connectivity index (χ3n) is 3.29. The first kappa shape index (κ1) is 14.4. The molecule has 1 aromatic carbocycles. The number of hydrogen-bond acceptors (Lipinski definition) is 4. The molecule has 0 fully saturated rings. The normalized spacial score (nSPS) is 12.0. The Morgan fingerprint density at radius 2 is 2.23 bits per heavy atom. The minimum Gasteiger partial charge on any atom is -0.444 e. The highest BCUT2D eigenvalue weighted by Crippen LogP contribution is 2.27. The van der Waals surface area contributed by atoms with E-state index in [0.717, 1.165) is 27.6 Å². The van der Waals surface area contributed by atoms with Gasteiger partial charge in [0.15, 0.2) is 12.0 Å². The summed E-state index contributed by atoms with van der Waals surface area (Å²) in [6.07, 6.45) is 3.67. The van der Waals surface area contributed by atoms with Crippen LogP contribution >= 0.6 is 0 Å². The van der Waals surface area contributed by atoms with E-state index in [-0.39, 0.29) is 0 Å². The zero-order valence-corrected chi connectivity index (χ0v) is 12.9. The lowest BCUT2D eigenvalue weighted by atomic mass is 10.1. The van der Waals surface area contributed by atoms with E-state index in [0.29, 0.717) is 13.0 Å². The standard InChI is InChI=1S/C16H19N3O3/c1-16(2,3)22-15(20)17-7-6-10-8-18-11-4-5-12-14(13(10)11)19-9-21-12/h4-5,8-9,18H,6-7H2,1-3H3,(H,17,20). The van der Waals surface area contributed by atoms with Gasteiger partial charge in [0.1, 0.15) is 11.1 Å². The third kappa shape index (κ3) is 2.90. The van der Waals surface area contributed by atoms with Gasteiger partial charge in [0.2, 0.25) is 0 Å². The molecule has 0 aliphatic rings. The predicted molar refractivity (Wildman–Crippen MR) is 83.8 cm³/mol. The molecule has 0 bridgehead atoms. The van der Waals surface area contributed by atoms with Crippen LogP contribution in [0.4, 0.5) is 4.79 Å². The monoisotopic (exact) mass is 301 g/mol. The number of nitrogens with one attached hydrogen (secondary N) is 2. The number of benzene rings is 1. The summed E-state index contributed by atoms with van der Waals surface area (Å²) in [5.74, 6) is 0. The third-order valence-corrected chi connectivity index (χ3v) is 3.29. The summed E-state index contributed by atoms with van der Waals surface area (Å²) >= 11 is 0. The largest absolute Gasteiger partial charge is 0.444 e. The van der Waals surface area contributed by atoms with E-state index >= 15 is 0 Å². The minimum absolute atomic E-state index is 0.404. The number of aromatic amines is 1. The molecule has 0 aliphatic heterocycles. The number of H-pyrrole nitrogens is 1. The van der Waals surface area contributed by atoms with Crippen LogP contribution in [0, 0.1) is 0 Å². The van der Waals surface area contributed by atoms with Crippen LogP contribution < -0.4 is 5.32 Å². The van der Waals surface area contributed by atoms with Crippen molar-refractivity contribution >= 4 is 28.1 Å². The fourth-order valence-electron chi connectivity index (χ4n) is 2.42. The first-order valence-corrected chi connectivity index (χ1v) is 7.23. The van der Waals surface area contributed by atoms with Crippen LogP contribution in [0.2, 0.25) is 0 Å². The average Bonchev–Trinajstić information content (AvgIpc) is 3.01. The second-order valence-corrected chi connectivity index (χ2v) is 6.18. The Hall–Kier alpha value is -2.50. The fourth-order valence-corrected chi connectivity index (χ4v) is 2.42. The summed E-state index contributed by atoms with van der Waals surface area (Å²) in [4.78, 5) is 19.1. The molecule has 6 heteroatoms. The van der Waals surface area contributed by atoms with Crippen molar-refractivity contribution < 1.29 is 13.9 Å². The van der Waals surface area contributed by atoms with Crippen molar-refractivity contribution in [3.05, 3.63) is 30.3 Å². The Kier molecular flexibility index (Phi) is 3.52.